The second-order valence-electron chi connectivity index (χ2n) is 6.12. The Labute approximate surface area is 176 Å². The third-order valence-electron chi connectivity index (χ3n) is 4.13. The third kappa shape index (κ3) is 5.13. The van der Waals surface area contributed by atoms with Gasteiger partial charge in [-0.25, -0.2) is 9.97 Å². The van der Waals surface area contributed by atoms with Crippen molar-refractivity contribution in [3.8, 4) is 0 Å². The van der Waals surface area contributed by atoms with E-state index in [-0.39, 0.29) is 6.42 Å². The lowest BCUT2D eigenvalue weighted by molar-refractivity contribution is -0.171. The van der Waals surface area contributed by atoms with E-state index < -0.39 is 12.1 Å². The molecule has 0 saturated carbocycles. The van der Waals surface area contributed by atoms with Gasteiger partial charge in [-0.05, 0) is 35.2 Å². The lowest BCUT2D eigenvalue weighted by atomic mass is 10.0. The first-order valence-corrected chi connectivity index (χ1v) is 11.1. The van der Waals surface area contributed by atoms with Crippen LogP contribution in [0.4, 0.5) is 18.9 Å². The zero-order valence-corrected chi connectivity index (χ0v) is 18.2. The molecule has 0 saturated heterocycles. The zero-order valence-electron chi connectivity index (χ0n) is 14.2. The van der Waals surface area contributed by atoms with E-state index in [2.05, 4.69) is 31.2 Å². The first-order valence-electron chi connectivity index (χ1n) is 8.22. The van der Waals surface area contributed by atoms with Crippen LogP contribution in [0.1, 0.15) is 29.7 Å². The summed E-state index contributed by atoms with van der Waals surface area (Å²) < 4.78 is 39.8. The molecule has 0 aliphatic carbocycles. The molecule has 0 amide bonds. The Balaban J connectivity index is 1.77. The fourth-order valence-corrected chi connectivity index (χ4v) is 5.36. The maximum atomic E-state index is 12.7. The van der Waals surface area contributed by atoms with E-state index in [1.807, 2.05) is 5.38 Å². The van der Waals surface area contributed by atoms with Gasteiger partial charge in [-0.3, -0.25) is 0 Å². The Hall–Kier alpha value is -0.900. The highest BCUT2D eigenvalue weighted by Crippen LogP contribution is 2.41. The lowest BCUT2D eigenvalue weighted by Gasteiger charge is -2.14. The molecule has 0 fully saturated rings. The molecule has 0 aliphatic rings. The summed E-state index contributed by atoms with van der Waals surface area (Å²) in [7, 11) is 0. The minimum atomic E-state index is -4.14. The molecule has 146 valence electrons. The fourth-order valence-electron chi connectivity index (χ4n) is 2.59. The molecule has 3 aromatic heterocycles. The highest BCUT2D eigenvalue weighted by atomic mass is 79.9. The Bertz CT molecular complexity index is 912. The molecule has 0 spiro atoms. The normalized spacial score (nSPS) is 13.3. The second kappa shape index (κ2) is 8.63. The molecule has 1 N–H and O–H groups in total. The first kappa shape index (κ1) is 20.8. The molecular formula is C17H16BrClF3N3S2. The Morgan fingerprint density at radius 3 is 2.81 bits per heavy atom. The van der Waals surface area contributed by atoms with Crippen molar-refractivity contribution in [2.24, 2.45) is 5.92 Å². The van der Waals surface area contributed by atoms with Gasteiger partial charge in [0.05, 0.1) is 32.8 Å². The zero-order chi connectivity index (χ0) is 19.6. The van der Waals surface area contributed by atoms with Crippen LogP contribution in [-0.2, 0) is 13.0 Å². The number of hydrogen-bond donors (Lipinski definition) is 1. The van der Waals surface area contributed by atoms with Crippen LogP contribution in [0.2, 0.25) is 5.15 Å². The van der Waals surface area contributed by atoms with Gasteiger partial charge in [-0.15, -0.1) is 22.7 Å². The van der Waals surface area contributed by atoms with Crippen molar-refractivity contribution in [3.63, 3.8) is 0 Å². The minimum absolute atomic E-state index is 0.105. The van der Waals surface area contributed by atoms with Crippen LogP contribution < -0.4 is 5.32 Å². The summed E-state index contributed by atoms with van der Waals surface area (Å²) in [5.74, 6) is -1.30. The van der Waals surface area contributed by atoms with E-state index >= 15 is 0 Å². The van der Waals surface area contributed by atoms with Gasteiger partial charge in [0.15, 0.2) is 0 Å². The average molecular weight is 499 g/mol. The molecule has 3 heterocycles. The number of thiophene rings is 1. The van der Waals surface area contributed by atoms with Crippen LogP contribution in [-0.4, -0.2) is 16.1 Å². The predicted molar refractivity (Wildman–Crippen MR) is 110 cm³/mol. The van der Waals surface area contributed by atoms with Gasteiger partial charge in [0.2, 0.25) is 0 Å². The van der Waals surface area contributed by atoms with Gasteiger partial charge in [-0.2, -0.15) is 13.2 Å². The van der Waals surface area contributed by atoms with Gasteiger partial charge in [0, 0.05) is 22.5 Å². The van der Waals surface area contributed by atoms with Crippen molar-refractivity contribution >= 4 is 66.1 Å². The highest BCUT2D eigenvalue weighted by molar-refractivity contribution is 9.10. The van der Waals surface area contributed by atoms with Gasteiger partial charge >= 0.3 is 6.18 Å². The number of nitrogens with zero attached hydrogens (tertiary/aromatic N) is 2. The van der Waals surface area contributed by atoms with Crippen LogP contribution in [0.15, 0.2) is 22.1 Å². The standard InChI is InChI=1S/C17H16BrClF3N3S2/c1-9(17(20,21)22)3-2-4-11-14(18)15-16(27-11)10(7-12(19)25-15)24-8-13-23-5-6-26-13/h5-7,9H,2-4,8H2,1H3,(H,24,25). The largest absolute Gasteiger partial charge is 0.391 e. The smallest absolute Gasteiger partial charge is 0.377 e. The second-order valence-corrected chi connectivity index (χ2v) is 9.39. The maximum Gasteiger partial charge on any atom is 0.391 e. The summed E-state index contributed by atoms with van der Waals surface area (Å²) in [6.45, 7) is 1.79. The molecule has 3 nitrogen and oxygen atoms in total. The van der Waals surface area contributed by atoms with Crippen LogP contribution in [0, 0.1) is 5.92 Å². The molecule has 0 bridgehead atoms. The molecule has 0 aliphatic heterocycles. The molecule has 1 unspecified atom stereocenters. The van der Waals surface area contributed by atoms with Gasteiger partial charge in [0.25, 0.3) is 0 Å². The summed E-state index contributed by atoms with van der Waals surface area (Å²) in [4.78, 5) is 9.60. The summed E-state index contributed by atoms with van der Waals surface area (Å²) in [5.41, 5.74) is 1.58. The number of rotatable bonds is 7. The number of pyridine rings is 1. The van der Waals surface area contributed by atoms with Crippen molar-refractivity contribution in [1.29, 1.82) is 0 Å². The summed E-state index contributed by atoms with van der Waals surface area (Å²) in [5, 5.41) is 6.55. The first-order chi connectivity index (χ1) is 12.8. The number of nitrogens with one attached hydrogen (secondary N) is 1. The van der Waals surface area contributed by atoms with Crippen molar-refractivity contribution in [1.82, 2.24) is 9.97 Å². The van der Waals surface area contributed by atoms with Crippen LogP contribution in [0.5, 0.6) is 0 Å². The molecular weight excluding hydrogens is 483 g/mol. The van der Waals surface area contributed by atoms with Gasteiger partial charge < -0.3 is 5.32 Å². The Morgan fingerprint density at radius 2 is 2.15 bits per heavy atom. The highest BCUT2D eigenvalue weighted by Gasteiger charge is 2.35. The van der Waals surface area contributed by atoms with Crippen LogP contribution >= 0.6 is 50.2 Å². The number of anilines is 1. The number of alkyl halides is 3. The number of aromatic nitrogens is 2. The van der Waals surface area contributed by atoms with E-state index in [4.69, 9.17) is 11.6 Å². The number of aryl methyl sites for hydroxylation is 1. The fraction of sp³-hybridized carbons (Fsp3) is 0.412. The Kier molecular flexibility index (Phi) is 6.66. The average Bonchev–Trinajstić information content (AvgIpc) is 3.21. The quantitative estimate of drug-likeness (QED) is 0.347. The van der Waals surface area contributed by atoms with Crippen molar-refractivity contribution in [3.05, 3.63) is 37.2 Å². The molecule has 27 heavy (non-hydrogen) atoms. The molecule has 3 rings (SSSR count). The SMILES string of the molecule is CC(CCCc1sc2c(NCc3nccs3)cc(Cl)nc2c1Br)C(F)(F)F. The number of fused-ring (bicyclic) bond motifs is 1. The number of hydrogen-bond acceptors (Lipinski definition) is 5. The molecule has 10 heteroatoms. The Morgan fingerprint density at radius 1 is 1.37 bits per heavy atom. The maximum absolute atomic E-state index is 12.7. The monoisotopic (exact) mass is 497 g/mol. The summed E-state index contributed by atoms with van der Waals surface area (Å²) in [6.07, 6.45) is -1.27. The third-order valence-corrected chi connectivity index (χ3v) is 7.49. The van der Waals surface area contributed by atoms with Gasteiger partial charge in [0.1, 0.15) is 10.2 Å². The predicted octanol–water partition coefficient (Wildman–Crippen LogP) is 7.30. The van der Waals surface area contributed by atoms with E-state index in [1.54, 1.807) is 23.6 Å². The van der Waals surface area contributed by atoms with Gasteiger partial charge in [-0.1, -0.05) is 18.5 Å². The van der Waals surface area contributed by atoms with Crippen LogP contribution in [0.3, 0.4) is 0 Å². The lowest BCUT2D eigenvalue weighted by Crippen LogP contribution is -2.19. The summed E-state index contributed by atoms with van der Waals surface area (Å²) in [6, 6.07) is 1.76. The topological polar surface area (TPSA) is 37.8 Å². The van der Waals surface area contributed by atoms with E-state index in [1.165, 1.54) is 18.3 Å². The van der Waals surface area contributed by atoms with E-state index in [0.29, 0.717) is 24.5 Å². The number of halogens is 5. The van der Waals surface area contributed by atoms with Crippen molar-refractivity contribution in [2.75, 3.05) is 5.32 Å². The molecule has 3 aromatic rings. The molecule has 1 atom stereocenters. The molecule has 0 radical (unpaired) electrons. The van der Waals surface area contributed by atoms with E-state index in [9.17, 15) is 13.2 Å². The minimum Gasteiger partial charge on any atom is -0.377 e. The van der Waals surface area contributed by atoms with E-state index in [0.717, 1.165) is 30.3 Å². The summed E-state index contributed by atoms with van der Waals surface area (Å²) >= 11 is 12.8. The van der Waals surface area contributed by atoms with Crippen molar-refractivity contribution < 1.29 is 13.2 Å². The number of thiazole rings is 1. The van der Waals surface area contributed by atoms with Crippen molar-refractivity contribution in [2.45, 2.75) is 38.9 Å². The van der Waals surface area contributed by atoms with Crippen LogP contribution in [0.25, 0.3) is 10.2 Å². The molecule has 0 aromatic carbocycles.